The fourth-order valence-corrected chi connectivity index (χ4v) is 1.35. The summed E-state index contributed by atoms with van der Waals surface area (Å²) in [4.78, 5) is 0. The molecular formula is C11H11N3. The number of nitrogen functional groups attached to an aromatic ring is 1. The lowest BCUT2D eigenvalue weighted by Crippen LogP contribution is -1.97. The molecule has 1 aromatic heterocycles. The van der Waals surface area contributed by atoms with Crippen LogP contribution in [-0.2, 0) is 0 Å². The van der Waals surface area contributed by atoms with Crippen LogP contribution in [0.25, 0.3) is 11.1 Å². The van der Waals surface area contributed by atoms with Gasteiger partial charge in [0.25, 0.3) is 0 Å². The minimum atomic E-state index is 0.474. The molecular weight excluding hydrogens is 174 g/mol. The lowest BCUT2D eigenvalue weighted by Gasteiger charge is -2.04. The predicted molar refractivity (Wildman–Crippen MR) is 56.6 cm³/mol. The van der Waals surface area contributed by atoms with Gasteiger partial charge in [0.2, 0.25) is 0 Å². The van der Waals surface area contributed by atoms with Crippen molar-refractivity contribution in [3.05, 3.63) is 42.1 Å². The second-order valence-corrected chi connectivity index (χ2v) is 3.15. The molecule has 0 aliphatic rings. The summed E-state index contributed by atoms with van der Waals surface area (Å²) in [5.74, 6) is 0.474. The Morgan fingerprint density at radius 2 is 1.79 bits per heavy atom. The first kappa shape index (κ1) is 8.69. The molecule has 3 nitrogen and oxygen atoms in total. The number of nitrogens with two attached hydrogens (primary N) is 1. The van der Waals surface area contributed by atoms with Crippen molar-refractivity contribution in [3.8, 4) is 11.1 Å². The van der Waals surface area contributed by atoms with Crippen molar-refractivity contribution >= 4 is 5.82 Å². The van der Waals surface area contributed by atoms with Gasteiger partial charge in [-0.3, -0.25) is 0 Å². The number of nitrogens with zero attached hydrogens (tertiary/aromatic N) is 2. The fourth-order valence-electron chi connectivity index (χ4n) is 1.35. The molecule has 0 aliphatic carbocycles. The summed E-state index contributed by atoms with van der Waals surface area (Å²) in [6.07, 6.45) is 0. The van der Waals surface area contributed by atoms with Gasteiger partial charge in [0.15, 0.2) is 5.82 Å². The first-order valence-corrected chi connectivity index (χ1v) is 4.42. The zero-order valence-corrected chi connectivity index (χ0v) is 7.94. The van der Waals surface area contributed by atoms with Gasteiger partial charge in [-0.05, 0) is 18.6 Å². The van der Waals surface area contributed by atoms with Gasteiger partial charge in [-0.15, -0.1) is 5.10 Å². The quantitative estimate of drug-likeness (QED) is 0.739. The monoisotopic (exact) mass is 185 g/mol. The van der Waals surface area contributed by atoms with Crippen molar-refractivity contribution < 1.29 is 0 Å². The molecule has 2 rings (SSSR count). The molecule has 0 spiro atoms. The van der Waals surface area contributed by atoms with Crippen LogP contribution >= 0.6 is 0 Å². The average Bonchev–Trinajstić information content (AvgIpc) is 2.23. The van der Waals surface area contributed by atoms with E-state index in [1.54, 1.807) is 0 Å². The lowest BCUT2D eigenvalue weighted by molar-refractivity contribution is 0.992. The lowest BCUT2D eigenvalue weighted by atomic mass is 10.1. The van der Waals surface area contributed by atoms with E-state index in [0.29, 0.717) is 5.82 Å². The molecule has 2 aromatic rings. The normalized spacial score (nSPS) is 10.1. The van der Waals surface area contributed by atoms with Crippen LogP contribution in [0.4, 0.5) is 5.82 Å². The van der Waals surface area contributed by atoms with E-state index in [4.69, 9.17) is 5.73 Å². The molecule has 14 heavy (non-hydrogen) atoms. The summed E-state index contributed by atoms with van der Waals surface area (Å²) in [5.41, 5.74) is 8.64. The highest BCUT2D eigenvalue weighted by atomic mass is 15.1. The Labute approximate surface area is 82.6 Å². The molecule has 0 fully saturated rings. The maximum atomic E-state index is 5.75. The minimum Gasteiger partial charge on any atom is -0.382 e. The van der Waals surface area contributed by atoms with Gasteiger partial charge in [-0.1, -0.05) is 30.3 Å². The Kier molecular flexibility index (Phi) is 2.14. The Morgan fingerprint density at radius 1 is 1.07 bits per heavy atom. The molecule has 3 heteroatoms. The van der Waals surface area contributed by atoms with Gasteiger partial charge >= 0.3 is 0 Å². The van der Waals surface area contributed by atoms with E-state index in [9.17, 15) is 0 Å². The molecule has 0 bridgehead atoms. The van der Waals surface area contributed by atoms with Gasteiger partial charge in [-0.2, -0.15) is 5.10 Å². The summed E-state index contributed by atoms with van der Waals surface area (Å²) >= 11 is 0. The number of aromatic nitrogens is 2. The largest absolute Gasteiger partial charge is 0.382 e. The molecule has 0 amide bonds. The van der Waals surface area contributed by atoms with E-state index in [1.165, 1.54) is 0 Å². The molecule has 0 unspecified atom stereocenters. The first-order valence-electron chi connectivity index (χ1n) is 4.42. The minimum absolute atomic E-state index is 0.474. The third kappa shape index (κ3) is 1.57. The second-order valence-electron chi connectivity index (χ2n) is 3.15. The molecule has 1 aromatic carbocycles. The van der Waals surface area contributed by atoms with Crippen molar-refractivity contribution in [3.63, 3.8) is 0 Å². The number of hydrogen-bond acceptors (Lipinski definition) is 3. The SMILES string of the molecule is Cc1cc(-c2ccccc2)c(N)nn1. The van der Waals surface area contributed by atoms with E-state index in [1.807, 2.05) is 43.3 Å². The van der Waals surface area contributed by atoms with Crippen molar-refractivity contribution in [2.24, 2.45) is 0 Å². The number of anilines is 1. The maximum absolute atomic E-state index is 5.75. The van der Waals surface area contributed by atoms with Crippen molar-refractivity contribution in [2.75, 3.05) is 5.73 Å². The number of benzene rings is 1. The molecule has 0 saturated heterocycles. The van der Waals surface area contributed by atoms with Gasteiger partial charge in [-0.25, -0.2) is 0 Å². The molecule has 1 heterocycles. The van der Waals surface area contributed by atoms with Gasteiger partial charge < -0.3 is 5.73 Å². The number of aryl methyl sites for hydroxylation is 1. The smallest absolute Gasteiger partial charge is 0.153 e. The number of rotatable bonds is 1. The maximum Gasteiger partial charge on any atom is 0.153 e. The molecule has 0 atom stereocenters. The average molecular weight is 185 g/mol. The Morgan fingerprint density at radius 3 is 2.50 bits per heavy atom. The zero-order valence-electron chi connectivity index (χ0n) is 7.94. The third-order valence-corrected chi connectivity index (χ3v) is 2.03. The summed E-state index contributed by atoms with van der Waals surface area (Å²) in [6.45, 7) is 1.90. The van der Waals surface area contributed by atoms with Crippen LogP contribution in [-0.4, -0.2) is 10.2 Å². The third-order valence-electron chi connectivity index (χ3n) is 2.03. The Hall–Kier alpha value is -1.90. The molecule has 0 radical (unpaired) electrons. The van der Waals surface area contributed by atoms with Crippen LogP contribution in [0.1, 0.15) is 5.69 Å². The van der Waals surface area contributed by atoms with Gasteiger partial charge in [0, 0.05) is 5.56 Å². The van der Waals surface area contributed by atoms with Gasteiger partial charge in [0.1, 0.15) is 0 Å². The van der Waals surface area contributed by atoms with E-state index in [-0.39, 0.29) is 0 Å². The van der Waals surface area contributed by atoms with Crippen molar-refractivity contribution in [1.29, 1.82) is 0 Å². The van der Waals surface area contributed by atoms with Crippen LogP contribution in [0.5, 0.6) is 0 Å². The first-order chi connectivity index (χ1) is 6.77. The molecule has 2 N–H and O–H groups in total. The van der Waals surface area contributed by atoms with Gasteiger partial charge in [0.05, 0.1) is 5.69 Å². The molecule has 0 aliphatic heterocycles. The standard InChI is InChI=1S/C11H11N3/c1-8-7-10(11(12)14-13-8)9-5-3-2-4-6-9/h2-7H,1H3,(H2,12,14). The summed E-state index contributed by atoms with van der Waals surface area (Å²) < 4.78 is 0. The Balaban J connectivity index is 2.57. The summed E-state index contributed by atoms with van der Waals surface area (Å²) in [7, 11) is 0. The van der Waals surface area contributed by atoms with Crippen LogP contribution in [0, 0.1) is 6.92 Å². The van der Waals surface area contributed by atoms with Crippen LogP contribution in [0.15, 0.2) is 36.4 Å². The van der Waals surface area contributed by atoms with E-state index in [2.05, 4.69) is 10.2 Å². The highest BCUT2D eigenvalue weighted by molar-refractivity contribution is 5.73. The number of hydrogen-bond donors (Lipinski definition) is 1. The second kappa shape index (κ2) is 3.46. The topological polar surface area (TPSA) is 51.8 Å². The Bertz CT molecular complexity index is 438. The summed E-state index contributed by atoms with van der Waals surface area (Å²) in [5, 5.41) is 7.77. The highest BCUT2D eigenvalue weighted by Gasteiger charge is 2.03. The van der Waals surface area contributed by atoms with E-state index in [0.717, 1.165) is 16.8 Å². The fraction of sp³-hybridized carbons (Fsp3) is 0.0909. The van der Waals surface area contributed by atoms with Crippen molar-refractivity contribution in [2.45, 2.75) is 6.92 Å². The van der Waals surface area contributed by atoms with E-state index >= 15 is 0 Å². The zero-order chi connectivity index (χ0) is 9.97. The van der Waals surface area contributed by atoms with Crippen LogP contribution < -0.4 is 5.73 Å². The van der Waals surface area contributed by atoms with Crippen LogP contribution in [0.2, 0.25) is 0 Å². The van der Waals surface area contributed by atoms with Crippen molar-refractivity contribution in [1.82, 2.24) is 10.2 Å². The van der Waals surface area contributed by atoms with E-state index < -0.39 is 0 Å². The highest BCUT2D eigenvalue weighted by Crippen LogP contribution is 2.23. The summed E-state index contributed by atoms with van der Waals surface area (Å²) in [6, 6.07) is 11.9. The predicted octanol–water partition coefficient (Wildman–Crippen LogP) is 2.03. The van der Waals surface area contributed by atoms with Crippen LogP contribution in [0.3, 0.4) is 0 Å². The molecule has 0 saturated carbocycles. The molecule has 70 valence electrons.